The van der Waals surface area contributed by atoms with Gasteiger partial charge in [0.25, 0.3) is 0 Å². The first kappa shape index (κ1) is 13.4. The molecule has 16 heavy (non-hydrogen) atoms. The Bertz CT molecular complexity index is 365. The van der Waals surface area contributed by atoms with Crippen LogP contribution in [0.1, 0.15) is 26.2 Å². The zero-order chi connectivity index (χ0) is 12.2. The monoisotopic (exact) mass is 336 g/mol. The number of primary amides is 1. The van der Waals surface area contributed by atoms with Crippen molar-refractivity contribution in [2.75, 3.05) is 0 Å². The standard InChI is InChI=1S/C10H17IN4O/c1-2-10(13,9(12)16)4-3-5-15-7-8(11)6-14-15/h6-7H,2-5,13H2,1H3,(H2,12,16). The van der Waals surface area contributed by atoms with Crippen LogP contribution in [0.25, 0.3) is 0 Å². The van der Waals surface area contributed by atoms with Gasteiger partial charge < -0.3 is 11.5 Å². The van der Waals surface area contributed by atoms with Gasteiger partial charge in [-0.2, -0.15) is 5.10 Å². The first-order valence-corrected chi connectivity index (χ1v) is 6.32. The number of hydrogen-bond donors (Lipinski definition) is 2. The first-order chi connectivity index (χ1) is 7.48. The maximum absolute atomic E-state index is 11.2. The SMILES string of the molecule is CCC(N)(CCCn1cc(I)cn1)C(N)=O. The van der Waals surface area contributed by atoms with Gasteiger partial charge in [0.05, 0.1) is 15.3 Å². The maximum atomic E-state index is 11.2. The van der Waals surface area contributed by atoms with Crippen molar-refractivity contribution in [3.8, 4) is 0 Å². The number of aryl methyl sites for hydroxylation is 1. The average Bonchev–Trinajstić information content (AvgIpc) is 2.63. The number of amides is 1. The van der Waals surface area contributed by atoms with Crippen LogP contribution in [0.3, 0.4) is 0 Å². The van der Waals surface area contributed by atoms with Crippen molar-refractivity contribution < 1.29 is 4.79 Å². The Kier molecular flexibility index (Phi) is 4.72. The van der Waals surface area contributed by atoms with E-state index in [9.17, 15) is 4.79 Å². The molecule has 1 amide bonds. The van der Waals surface area contributed by atoms with E-state index in [1.54, 1.807) is 6.20 Å². The van der Waals surface area contributed by atoms with Crippen molar-refractivity contribution in [2.45, 2.75) is 38.3 Å². The number of carbonyl (C=O) groups is 1. The zero-order valence-electron chi connectivity index (χ0n) is 9.32. The van der Waals surface area contributed by atoms with E-state index in [4.69, 9.17) is 11.5 Å². The Labute approximate surface area is 109 Å². The van der Waals surface area contributed by atoms with Crippen molar-refractivity contribution in [2.24, 2.45) is 11.5 Å². The highest BCUT2D eigenvalue weighted by Gasteiger charge is 2.28. The molecule has 1 aromatic rings. The molecule has 0 saturated carbocycles. The van der Waals surface area contributed by atoms with E-state index in [0.717, 1.165) is 16.5 Å². The molecule has 0 fully saturated rings. The van der Waals surface area contributed by atoms with Crippen LogP contribution in [-0.2, 0) is 11.3 Å². The van der Waals surface area contributed by atoms with Crippen LogP contribution in [0.15, 0.2) is 12.4 Å². The molecule has 1 unspecified atom stereocenters. The molecule has 90 valence electrons. The minimum absolute atomic E-state index is 0.426. The van der Waals surface area contributed by atoms with Crippen molar-refractivity contribution in [1.82, 2.24) is 9.78 Å². The minimum Gasteiger partial charge on any atom is -0.368 e. The van der Waals surface area contributed by atoms with Gasteiger partial charge in [-0.05, 0) is 41.9 Å². The van der Waals surface area contributed by atoms with Gasteiger partial charge in [-0.1, -0.05) is 6.92 Å². The summed E-state index contributed by atoms with van der Waals surface area (Å²) in [7, 11) is 0. The zero-order valence-corrected chi connectivity index (χ0v) is 11.5. The summed E-state index contributed by atoms with van der Waals surface area (Å²) < 4.78 is 2.95. The number of carbonyl (C=O) groups excluding carboxylic acids is 1. The second-order valence-corrected chi connectivity index (χ2v) is 5.14. The third kappa shape index (κ3) is 3.44. The number of halogens is 1. The van der Waals surface area contributed by atoms with Gasteiger partial charge in [0.1, 0.15) is 0 Å². The predicted octanol–water partition coefficient (Wildman–Crippen LogP) is 0.861. The van der Waals surface area contributed by atoms with Gasteiger partial charge in [0, 0.05) is 12.7 Å². The van der Waals surface area contributed by atoms with Crippen LogP contribution in [0.4, 0.5) is 0 Å². The second-order valence-electron chi connectivity index (χ2n) is 3.90. The number of hydrogen-bond acceptors (Lipinski definition) is 3. The fourth-order valence-corrected chi connectivity index (χ4v) is 1.94. The van der Waals surface area contributed by atoms with E-state index in [1.807, 2.05) is 17.8 Å². The summed E-state index contributed by atoms with van der Waals surface area (Å²) in [6.07, 6.45) is 5.71. The fraction of sp³-hybridized carbons (Fsp3) is 0.600. The number of rotatable bonds is 6. The minimum atomic E-state index is -0.875. The molecule has 1 rings (SSSR count). The van der Waals surface area contributed by atoms with Crippen LogP contribution in [-0.4, -0.2) is 21.2 Å². The molecule has 0 aliphatic heterocycles. The molecular formula is C10H17IN4O. The van der Waals surface area contributed by atoms with E-state index >= 15 is 0 Å². The molecule has 6 heteroatoms. The molecule has 1 heterocycles. The second kappa shape index (κ2) is 5.62. The van der Waals surface area contributed by atoms with E-state index in [1.165, 1.54) is 0 Å². The van der Waals surface area contributed by atoms with Gasteiger partial charge in [0.15, 0.2) is 0 Å². The average molecular weight is 336 g/mol. The summed E-state index contributed by atoms with van der Waals surface area (Å²) in [5.41, 5.74) is 10.3. The summed E-state index contributed by atoms with van der Waals surface area (Å²) in [6.45, 7) is 2.64. The highest BCUT2D eigenvalue weighted by atomic mass is 127. The lowest BCUT2D eigenvalue weighted by Crippen LogP contribution is -2.51. The third-order valence-electron chi connectivity index (χ3n) is 2.73. The van der Waals surface area contributed by atoms with Gasteiger partial charge >= 0.3 is 0 Å². The predicted molar refractivity (Wildman–Crippen MR) is 70.6 cm³/mol. The quantitative estimate of drug-likeness (QED) is 0.756. The van der Waals surface area contributed by atoms with Crippen LogP contribution in [0, 0.1) is 3.57 Å². The molecule has 4 N–H and O–H groups in total. The van der Waals surface area contributed by atoms with Crippen molar-refractivity contribution >= 4 is 28.5 Å². The Balaban J connectivity index is 2.43. The van der Waals surface area contributed by atoms with Crippen molar-refractivity contribution in [1.29, 1.82) is 0 Å². The number of nitrogens with two attached hydrogens (primary N) is 2. The summed E-state index contributed by atoms with van der Waals surface area (Å²) >= 11 is 2.20. The fourth-order valence-electron chi connectivity index (χ4n) is 1.49. The van der Waals surface area contributed by atoms with Crippen LogP contribution in [0.5, 0.6) is 0 Å². The van der Waals surface area contributed by atoms with E-state index < -0.39 is 11.4 Å². The number of aromatic nitrogens is 2. The normalized spacial score (nSPS) is 14.7. The lowest BCUT2D eigenvalue weighted by atomic mass is 9.91. The Morgan fingerprint density at radius 2 is 2.38 bits per heavy atom. The molecule has 5 nitrogen and oxygen atoms in total. The third-order valence-corrected chi connectivity index (χ3v) is 3.29. The lowest BCUT2D eigenvalue weighted by molar-refractivity contribution is -0.123. The Morgan fingerprint density at radius 3 is 2.81 bits per heavy atom. The molecule has 0 aromatic carbocycles. The van der Waals surface area contributed by atoms with Gasteiger partial charge in [-0.15, -0.1) is 0 Å². The highest BCUT2D eigenvalue weighted by molar-refractivity contribution is 14.1. The first-order valence-electron chi connectivity index (χ1n) is 5.24. The Morgan fingerprint density at radius 1 is 1.69 bits per heavy atom. The summed E-state index contributed by atoms with van der Waals surface area (Å²) in [4.78, 5) is 11.2. The molecule has 1 atom stereocenters. The smallest absolute Gasteiger partial charge is 0.237 e. The highest BCUT2D eigenvalue weighted by Crippen LogP contribution is 2.14. The summed E-state index contributed by atoms with van der Waals surface area (Å²) in [5, 5.41) is 4.16. The van der Waals surface area contributed by atoms with Gasteiger partial charge in [-0.25, -0.2) is 0 Å². The molecule has 0 aliphatic carbocycles. The molecular weight excluding hydrogens is 319 g/mol. The molecule has 0 spiro atoms. The van der Waals surface area contributed by atoms with Gasteiger partial charge in [0.2, 0.25) is 5.91 Å². The topological polar surface area (TPSA) is 86.9 Å². The van der Waals surface area contributed by atoms with Crippen molar-refractivity contribution in [3.05, 3.63) is 16.0 Å². The summed E-state index contributed by atoms with van der Waals surface area (Å²) in [5.74, 6) is -0.426. The number of nitrogens with zero attached hydrogens (tertiary/aromatic N) is 2. The van der Waals surface area contributed by atoms with Crippen LogP contribution >= 0.6 is 22.6 Å². The Hall–Kier alpha value is -0.630. The van der Waals surface area contributed by atoms with E-state index in [0.29, 0.717) is 12.8 Å². The summed E-state index contributed by atoms with van der Waals surface area (Å²) in [6, 6.07) is 0. The van der Waals surface area contributed by atoms with Crippen LogP contribution < -0.4 is 11.5 Å². The molecule has 1 aromatic heterocycles. The molecule has 0 aliphatic rings. The van der Waals surface area contributed by atoms with E-state index in [2.05, 4.69) is 27.7 Å². The lowest BCUT2D eigenvalue weighted by Gasteiger charge is -2.23. The van der Waals surface area contributed by atoms with Crippen LogP contribution in [0.2, 0.25) is 0 Å². The van der Waals surface area contributed by atoms with E-state index in [-0.39, 0.29) is 0 Å². The molecule has 0 saturated heterocycles. The molecule has 0 bridgehead atoms. The van der Waals surface area contributed by atoms with Gasteiger partial charge in [-0.3, -0.25) is 9.48 Å². The largest absolute Gasteiger partial charge is 0.368 e. The van der Waals surface area contributed by atoms with Crippen molar-refractivity contribution in [3.63, 3.8) is 0 Å². The molecule has 0 radical (unpaired) electrons. The maximum Gasteiger partial charge on any atom is 0.237 e.